The predicted molar refractivity (Wildman–Crippen MR) is 136 cm³/mol. The lowest BCUT2D eigenvalue weighted by Gasteiger charge is -2.31. The van der Waals surface area contributed by atoms with Crippen molar-refractivity contribution >= 4 is 5.84 Å². The maximum atomic E-state index is 4.69. The van der Waals surface area contributed by atoms with Crippen molar-refractivity contribution in [1.82, 2.24) is 10.6 Å². The van der Waals surface area contributed by atoms with Crippen LogP contribution >= 0.6 is 0 Å². The largest absolute Gasteiger partial charge is 0.344 e. The molecule has 1 aromatic rings. The Labute approximate surface area is 190 Å². The first-order valence-corrected chi connectivity index (χ1v) is 12.0. The average Bonchev–Trinajstić information content (AvgIpc) is 3.25. The number of amidine groups is 1. The van der Waals surface area contributed by atoms with Crippen molar-refractivity contribution in [2.24, 2.45) is 4.99 Å². The van der Waals surface area contributed by atoms with Gasteiger partial charge in [0, 0.05) is 29.8 Å². The predicted octanol–water partition coefficient (Wildman–Crippen LogP) is 7.04. The van der Waals surface area contributed by atoms with E-state index in [-0.39, 0.29) is 5.41 Å². The molecule has 0 saturated heterocycles. The van der Waals surface area contributed by atoms with E-state index in [1.54, 1.807) is 6.20 Å². The number of hydrogen-bond acceptors (Lipinski definition) is 2. The van der Waals surface area contributed by atoms with E-state index in [2.05, 4.69) is 81.9 Å². The third-order valence-electron chi connectivity index (χ3n) is 6.63. The molecule has 0 heterocycles. The molecule has 3 heteroatoms. The molecule has 170 valence electrons. The van der Waals surface area contributed by atoms with Crippen LogP contribution in [0.1, 0.15) is 84.1 Å². The fourth-order valence-electron chi connectivity index (χ4n) is 4.87. The highest BCUT2D eigenvalue weighted by molar-refractivity contribution is 5.86. The summed E-state index contributed by atoms with van der Waals surface area (Å²) in [6.45, 7) is 14.9. The van der Waals surface area contributed by atoms with E-state index in [0.717, 1.165) is 29.9 Å². The Bertz CT molecular complexity index is 763. The van der Waals surface area contributed by atoms with Crippen LogP contribution in [0.25, 0.3) is 0 Å². The van der Waals surface area contributed by atoms with E-state index in [0.29, 0.717) is 6.04 Å². The third-order valence-corrected chi connectivity index (χ3v) is 6.63. The van der Waals surface area contributed by atoms with Crippen LogP contribution in [0.5, 0.6) is 0 Å². The summed E-state index contributed by atoms with van der Waals surface area (Å²) in [6.07, 6.45) is 12.1. The van der Waals surface area contributed by atoms with Crippen LogP contribution in [-0.4, -0.2) is 18.9 Å². The van der Waals surface area contributed by atoms with Crippen molar-refractivity contribution in [2.45, 2.75) is 90.0 Å². The van der Waals surface area contributed by atoms with Crippen molar-refractivity contribution in [3.63, 3.8) is 0 Å². The highest BCUT2D eigenvalue weighted by Crippen LogP contribution is 2.44. The molecule has 0 amide bonds. The molecule has 0 aromatic heterocycles. The van der Waals surface area contributed by atoms with Crippen LogP contribution < -0.4 is 10.6 Å². The zero-order valence-electron chi connectivity index (χ0n) is 20.3. The zero-order valence-corrected chi connectivity index (χ0v) is 20.3. The number of unbranched alkanes of at least 4 members (excludes halogenated alkanes) is 1. The molecule has 1 saturated carbocycles. The average molecular weight is 422 g/mol. The van der Waals surface area contributed by atoms with E-state index in [4.69, 9.17) is 4.99 Å². The van der Waals surface area contributed by atoms with Gasteiger partial charge in [-0.1, -0.05) is 81.7 Å². The van der Waals surface area contributed by atoms with Gasteiger partial charge in [-0.15, -0.1) is 0 Å². The Morgan fingerprint density at radius 1 is 1.19 bits per heavy atom. The molecular formula is C28H43N3. The van der Waals surface area contributed by atoms with Crippen molar-refractivity contribution in [1.29, 1.82) is 0 Å². The molecule has 2 N–H and O–H groups in total. The first-order chi connectivity index (χ1) is 15.0. The van der Waals surface area contributed by atoms with Gasteiger partial charge in [0.1, 0.15) is 5.84 Å². The zero-order chi connectivity index (χ0) is 22.7. The van der Waals surface area contributed by atoms with Gasteiger partial charge >= 0.3 is 0 Å². The SMILES string of the molecule is C=CN=C(CC1(c2ccccc2)CCCC1)NC(C(=C)CC(CCCC)NC)=C(C)C. The second-order valence-electron chi connectivity index (χ2n) is 9.22. The Hall–Kier alpha value is -2.13. The summed E-state index contributed by atoms with van der Waals surface area (Å²) < 4.78 is 0. The molecule has 1 aliphatic rings. The number of allylic oxidation sites excluding steroid dienone is 2. The first-order valence-electron chi connectivity index (χ1n) is 12.0. The minimum atomic E-state index is 0.152. The van der Waals surface area contributed by atoms with Crippen LogP contribution in [0.4, 0.5) is 0 Å². The molecule has 1 aliphatic carbocycles. The molecule has 1 atom stereocenters. The second kappa shape index (κ2) is 12.7. The summed E-state index contributed by atoms with van der Waals surface area (Å²) in [5.41, 5.74) is 5.09. The quantitative estimate of drug-likeness (QED) is 0.216. The summed E-state index contributed by atoms with van der Waals surface area (Å²) in [5.74, 6) is 0.993. The van der Waals surface area contributed by atoms with Gasteiger partial charge in [-0.25, -0.2) is 4.99 Å². The molecule has 0 radical (unpaired) electrons. The third kappa shape index (κ3) is 7.21. The normalized spacial score (nSPS) is 16.6. The van der Waals surface area contributed by atoms with E-state index >= 15 is 0 Å². The first kappa shape index (κ1) is 25.1. The number of nitrogens with zero attached hydrogens (tertiary/aromatic N) is 1. The van der Waals surface area contributed by atoms with Gasteiger partial charge in [-0.05, 0) is 57.7 Å². The van der Waals surface area contributed by atoms with Crippen molar-refractivity contribution < 1.29 is 0 Å². The molecule has 2 rings (SSSR count). The highest BCUT2D eigenvalue weighted by Gasteiger charge is 2.37. The van der Waals surface area contributed by atoms with Gasteiger partial charge in [0.15, 0.2) is 0 Å². The summed E-state index contributed by atoms with van der Waals surface area (Å²) in [5, 5.41) is 7.16. The van der Waals surface area contributed by atoms with Crippen LogP contribution in [0.3, 0.4) is 0 Å². The maximum absolute atomic E-state index is 4.69. The molecule has 1 fully saturated rings. The smallest absolute Gasteiger partial charge is 0.107 e. The van der Waals surface area contributed by atoms with Crippen LogP contribution in [-0.2, 0) is 5.41 Å². The number of aliphatic imine (C=N–C) groups is 1. The lowest BCUT2D eigenvalue weighted by atomic mass is 9.75. The van der Waals surface area contributed by atoms with E-state index in [1.807, 2.05) is 0 Å². The van der Waals surface area contributed by atoms with Gasteiger partial charge in [0.25, 0.3) is 0 Å². The maximum Gasteiger partial charge on any atom is 0.107 e. The minimum Gasteiger partial charge on any atom is -0.344 e. The fraction of sp³-hybridized carbons (Fsp3) is 0.536. The van der Waals surface area contributed by atoms with Crippen molar-refractivity contribution in [3.05, 3.63) is 72.1 Å². The molecular weight excluding hydrogens is 378 g/mol. The highest BCUT2D eigenvalue weighted by atomic mass is 15.0. The summed E-state index contributed by atoms with van der Waals surface area (Å²) in [4.78, 5) is 4.69. The number of nitrogens with one attached hydrogen (secondary N) is 2. The monoisotopic (exact) mass is 421 g/mol. The van der Waals surface area contributed by atoms with Crippen LogP contribution in [0, 0.1) is 0 Å². The van der Waals surface area contributed by atoms with Crippen LogP contribution in [0.15, 0.2) is 71.5 Å². The molecule has 0 aliphatic heterocycles. The number of rotatable bonds is 12. The van der Waals surface area contributed by atoms with Crippen molar-refractivity contribution in [2.75, 3.05) is 7.05 Å². The van der Waals surface area contributed by atoms with Crippen molar-refractivity contribution in [3.8, 4) is 0 Å². The summed E-state index contributed by atoms with van der Waals surface area (Å²) >= 11 is 0. The molecule has 31 heavy (non-hydrogen) atoms. The summed E-state index contributed by atoms with van der Waals surface area (Å²) in [6, 6.07) is 11.4. The Morgan fingerprint density at radius 2 is 1.87 bits per heavy atom. The van der Waals surface area contributed by atoms with Gasteiger partial charge in [-0.2, -0.15) is 0 Å². The number of hydrogen-bond donors (Lipinski definition) is 2. The number of benzene rings is 1. The molecule has 0 bridgehead atoms. The van der Waals surface area contributed by atoms with Gasteiger partial charge in [-0.3, -0.25) is 0 Å². The van der Waals surface area contributed by atoms with E-state index < -0.39 is 0 Å². The molecule has 1 unspecified atom stereocenters. The van der Waals surface area contributed by atoms with Crippen LogP contribution in [0.2, 0.25) is 0 Å². The lowest BCUT2D eigenvalue weighted by molar-refractivity contribution is 0.455. The van der Waals surface area contributed by atoms with Gasteiger partial charge < -0.3 is 10.6 Å². The fourth-order valence-corrected chi connectivity index (χ4v) is 4.87. The molecule has 0 spiro atoms. The summed E-state index contributed by atoms with van der Waals surface area (Å²) in [7, 11) is 2.05. The Morgan fingerprint density at radius 3 is 2.42 bits per heavy atom. The van der Waals surface area contributed by atoms with E-state index in [1.165, 1.54) is 56.1 Å². The standard InChI is InChI=1S/C28H43N3/c1-7-9-17-25(29-6)20-23(5)27(22(3)4)31-26(30-8-2)21-28(18-13-14-19-28)24-15-11-10-12-16-24/h8,10-12,15-16,25,29H,2,5,7,9,13-14,17-21H2,1,3-4,6H3,(H,30,31). The lowest BCUT2D eigenvalue weighted by Crippen LogP contribution is -2.34. The van der Waals surface area contributed by atoms with Gasteiger partial charge in [0.2, 0.25) is 0 Å². The minimum absolute atomic E-state index is 0.152. The second-order valence-corrected chi connectivity index (χ2v) is 9.22. The molecule has 3 nitrogen and oxygen atoms in total. The Kier molecular flexibility index (Phi) is 10.3. The van der Waals surface area contributed by atoms with Gasteiger partial charge in [0.05, 0.1) is 0 Å². The van der Waals surface area contributed by atoms with E-state index in [9.17, 15) is 0 Å². The topological polar surface area (TPSA) is 36.4 Å². The Balaban J connectivity index is 2.21. The molecule has 1 aromatic carbocycles.